The summed E-state index contributed by atoms with van der Waals surface area (Å²) in [5.41, 5.74) is 0.426. The van der Waals surface area contributed by atoms with Gasteiger partial charge in [0.15, 0.2) is 0 Å². The Morgan fingerprint density at radius 2 is 1.82 bits per heavy atom. The van der Waals surface area contributed by atoms with Crippen LogP contribution in [-0.2, 0) is 10.0 Å². The van der Waals surface area contributed by atoms with Gasteiger partial charge in [0.2, 0.25) is 10.0 Å². The van der Waals surface area contributed by atoms with E-state index in [1.165, 1.54) is 44.8 Å². The molecule has 7 nitrogen and oxygen atoms in total. The van der Waals surface area contributed by atoms with Gasteiger partial charge < -0.3 is 9.73 Å². The minimum Gasteiger partial charge on any atom is -0.468 e. The van der Waals surface area contributed by atoms with Crippen molar-refractivity contribution in [2.45, 2.75) is 30.2 Å². The third kappa shape index (κ3) is 4.63. The van der Waals surface area contributed by atoms with E-state index in [-0.39, 0.29) is 16.8 Å². The second-order valence-electron chi connectivity index (χ2n) is 7.15. The zero-order valence-corrected chi connectivity index (χ0v) is 17.1. The summed E-state index contributed by atoms with van der Waals surface area (Å²) < 4.78 is 31.0. The number of carbonyl (C=O) groups is 1. The number of rotatable bonds is 7. The molecular formula is C20H27N3O4S. The van der Waals surface area contributed by atoms with E-state index >= 15 is 0 Å². The molecule has 0 spiro atoms. The lowest BCUT2D eigenvalue weighted by molar-refractivity contribution is 0.0914. The molecule has 152 valence electrons. The normalized spacial score (nSPS) is 16.8. The summed E-state index contributed by atoms with van der Waals surface area (Å²) in [6, 6.07) is 9.78. The van der Waals surface area contributed by atoms with E-state index in [9.17, 15) is 13.2 Å². The van der Waals surface area contributed by atoms with E-state index in [1.54, 1.807) is 6.26 Å². The van der Waals surface area contributed by atoms with E-state index < -0.39 is 10.0 Å². The molecular weight excluding hydrogens is 378 g/mol. The molecule has 0 aliphatic carbocycles. The van der Waals surface area contributed by atoms with Gasteiger partial charge in [-0.3, -0.25) is 9.69 Å². The Labute approximate surface area is 166 Å². The molecule has 1 amide bonds. The van der Waals surface area contributed by atoms with Crippen LogP contribution in [0.4, 0.5) is 0 Å². The van der Waals surface area contributed by atoms with Crippen molar-refractivity contribution in [3.63, 3.8) is 0 Å². The van der Waals surface area contributed by atoms with E-state index in [0.29, 0.717) is 12.1 Å². The lowest BCUT2D eigenvalue weighted by Crippen LogP contribution is -2.40. The molecule has 0 saturated carbocycles. The van der Waals surface area contributed by atoms with E-state index in [4.69, 9.17) is 4.42 Å². The molecule has 1 aliphatic rings. The van der Waals surface area contributed by atoms with Crippen LogP contribution < -0.4 is 5.32 Å². The van der Waals surface area contributed by atoms with Gasteiger partial charge in [-0.15, -0.1) is 0 Å². The zero-order chi connectivity index (χ0) is 20.1. The first-order chi connectivity index (χ1) is 13.4. The first kappa shape index (κ1) is 20.6. The molecule has 1 saturated heterocycles. The van der Waals surface area contributed by atoms with Gasteiger partial charge in [-0.2, -0.15) is 0 Å². The van der Waals surface area contributed by atoms with Gasteiger partial charge in [0, 0.05) is 26.2 Å². The predicted octanol–water partition coefficient (Wildman–Crippen LogP) is 2.49. The molecule has 1 N–H and O–H groups in total. The highest BCUT2D eigenvalue weighted by atomic mass is 32.2. The molecule has 0 unspecified atom stereocenters. The number of amides is 1. The summed E-state index contributed by atoms with van der Waals surface area (Å²) in [6.07, 6.45) is 5.17. The number of nitrogens with one attached hydrogen (secondary N) is 1. The maximum Gasteiger partial charge on any atom is 0.251 e. The fourth-order valence-electron chi connectivity index (χ4n) is 3.40. The molecule has 0 bridgehead atoms. The molecule has 3 rings (SSSR count). The van der Waals surface area contributed by atoms with Crippen LogP contribution in [-0.4, -0.2) is 57.3 Å². The van der Waals surface area contributed by atoms with Crippen molar-refractivity contribution in [3.8, 4) is 0 Å². The summed E-state index contributed by atoms with van der Waals surface area (Å²) in [6.45, 7) is 2.40. The van der Waals surface area contributed by atoms with Gasteiger partial charge in [-0.05, 0) is 62.3 Å². The van der Waals surface area contributed by atoms with Crippen LogP contribution in [0.25, 0.3) is 0 Å². The maximum atomic E-state index is 12.6. The number of sulfonamides is 1. The number of nitrogens with zero attached hydrogens (tertiary/aromatic N) is 2. The van der Waals surface area contributed by atoms with Crippen LogP contribution in [0.3, 0.4) is 0 Å². The van der Waals surface area contributed by atoms with Crippen LogP contribution >= 0.6 is 0 Å². The quantitative estimate of drug-likeness (QED) is 0.765. The molecule has 1 atom stereocenters. The van der Waals surface area contributed by atoms with Crippen molar-refractivity contribution < 1.29 is 17.6 Å². The summed E-state index contributed by atoms with van der Waals surface area (Å²) >= 11 is 0. The third-order valence-electron chi connectivity index (χ3n) is 5.05. The van der Waals surface area contributed by atoms with Crippen LogP contribution in [0.15, 0.2) is 52.0 Å². The van der Waals surface area contributed by atoms with Gasteiger partial charge in [-0.25, -0.2) is 12.7 Å². The molecule has 1 aliphatic heterocycles. The summed E-state index contributed by atoms with van der Waals surface area (Å²) in [4.78, 5) is 15.1. The molecule has 1 aromatic carbocycles. The molecule has 28 heavy (non-hydrogen) atoms. The molecule has 1 aromatic heterocycles. The lowest BCUT2D eigenvalue weighted by atomic mass is 10.1. The molecule has 1 fully saturated rings. The Bertz CT molecular complexity index is 871. The third-order valence-corrected chi connectivity index (χ3v) is 6.88. The molecule has 8 heteroatoms. The largest absolute Gasteiger partial charge is 0.468 e. The highest BCUT2D eigenvalue weighted by Crippen LogP contribution is 2.24. The van der Waals surface area contributed by atoms with Crippen LogP contribution in [0, 0.1) is 0 Å². The fraction of sp³-hybridized carbons (Fsp3) is 0.450. The Hall–Kier alpha value is -2.16. The van der Waals surface area contributed by atoms with Gasteiger partial charge in [0.1, 0.15) is 5.76 Å². The van der Waals surface area contributed by atoms with Gasteiger partial charge >= 0.3 is 0 Å². The van der Waals surface area contributed by atoms with Crippen molar-refractivity contribution in [2.75, 3.05) is 33.7 Å². The van der Waals surface area contributed by atoms with E-state index in [2.05, 4.69) is 10.2 Å². The van der Waals surface area contributed by atoms with Gasteiger partial charge in [-0.1, -0.05) is 6.42 Å². The van der Waals surface area contributed by atoms with Crippen LogP contribution in [0.2, 0.25) is 0 Å². The summed E-state index contributed by atoms with van der Waals surface area (Å²) in [7, 11) is -0.552. The van der Waals surface area contributed by atoms with Crippen molar-refractivity contribution in [3.05, 3.63) is 54.0 Å². The molecule has 0 radical (unpaired) electrons. The van der Waals surface area contributed by atoms with Crippen molar-refractivity contribution >= 4 is 15.9 Å². The first-order valence-corrected chi connectivity index (χ1v) is 10.9. The average molecular weight is 406 g/mol. The zero-order valence-electron chi connectivity index (χ0n) is 16.3. The number of piperidine rings is 1. The first-order valence-electron chi connectivity index (χ1n) is 9.48. The standard InChI is InChI=1S/C20H27N3O4S/c1-22(2)28(25,26)17-10-8-16(9-11-17)20(24)21-15-18(19-7-6-14-27-19)23-12-4-3-5-13-23/h6-11,14,18H,3-5,12-13,15H2,1-2H3,(H,21,24)/t18-/m0/s1. The van der Waals surface area contributed by atoms with Crippen LogP contribution in [0.5, 0.6) is 0 Å². The number of hydrogen-bond acceptors (Lipinski definition) is 5. The highest BCUT2D eigenvalue weighted by Gasteiger charge is 2.25. The minimum atomic E-state index is -3.51. The average Bonchev–Trinajstić information content (AvgIpc) is 3.23. The second-order valence-corrected chi connectivity index (χ2v) is 9.30. The Morgan fingerprint density at radius 3 is 2.39 bits per heavy atom. The van der Waals surface area contributed by atoms with Gasteiger partial charge in [0.05, 0.1) is 17.2 Å². The molecule has 2 aromatic rings. The number of likely N-dealkylation sites (tertiary alicyclic amines) is 1. The topological polar surface area (TPSA) is 82.9 Å². The van der Waals surface area contributed by atoms with E-state index in [1.807, 2.05) is 12.1 Å². The number of hydrogen-bond donors (Lipinski definition) is 1. The maximum absolute atomic E-state index is 12.6. The smallest absolute Gasteiger partial charge is 0.251 e. The number of benzene rings is 1. The second kappa shape index (κ2) is 8.89. The van der Waals surface area contributed by atoms with Crippen molar-refractivity contribution in [1.82, 2.24) is 14.5 Å². The molecule has 2 heterocycles. The number of carbonyl (C=O) groups excluding carboxylic acids is 1. The number of furan rings is 1. The van der Waals surface area contributed by atoms with Crippen molar-refractivity contribution in [1.29, 1.82) is 0 Å². The highest BCUT2D eigenvalue weighted by molar-refractivity contribution is 7.89. The Kier molecular flexibility index (Phi) is 6.53. The summed E-state index contributed by atoms with van der Waals surface area (Å²) in [5, 5.41) is 2.97. The SMILES string of the molecule is CN(C)S(=O)(=O)c1ccc(C(=O)NC[C@@H](c2ccco2)N2CCCCC2)cc1. The fourth-order valence-corrected chi connectivity index (χ4v) is 4.30. The monoisotopic (exact) mass is 405 g/mol. The minimum absolute atomic E-state index is 0.00681. The predicted molar refractivity (Wildman–Crippen MR) is 107 cm³/mol. The van der Waals surface area contributed by atoms with Crippen molar-refractivity contribution in [2.24, 2.45) is 0 Å². The Balaban J connectivity index is 1.67. The summed E-state index contributed by atoms with van der Waals surface area (Å²) in [5.74, 6) is 0.608. The lowest BCUT2D eigenvalue weighted by Gasteiger charge is -2.33. The van der Waals surface area contributed by atoms with Gasteiger partial charge in [0.25, 0.3) is 5.91 Å². The van der Waals surface area contributed by atoms with E-state index in [0.717, 1.165) is 36.0 Å². The van der Waals surface area contributed by atoms with Crippen LogP contribution in [0.1, 0.15) is 41.4 Å². The Morgan fingerprint density at radius 1 is 1.14 bits per heavy atom.